The van der Waals surface area contributed by atoms with Crippen molar-refractivity contribution in [3.63, 3.8) is 0 Å². The molecule has 0 atom stereocenters. The highest BCUT2D eigenvalue weighted by atomic mass is 16.5. The van der Waals surface area contributed by atoms with Gasteiger partial charge >= 0.3 is 5.97 Å². The SMILES string of the molecule is O=Cc1cccc(OC(=O)CCc2ccc(C3CCC3)cc2)c1. The van der Waals surface area contributed by atoms with Crippen LogP contribution in [0.2, 0.25) is 0 Å². The van der Waals surface area contributed by atoms with Crippen LogP contribution in [0.3, 0.4) is 0 Å². The molecule has 3 heteroatoms. The van der Waals surface area contributed by atoms with Gasteiger partial charge < -0.3 is 4.74 Å². The standard InChI is InChI=1S/C20H20O3/c21-14-16-3-1-6-19(13-16)23-20(22)12-9-15-7-10-18(11-8-15)17-4-2-5-17/h1,3,6-8,10-11,13-14,17H,2,4-5,9,12H2. The highest BCUT2D eigenvalue weighted by Gasteiger charge is 2.18. The lowest BCUT2D eigenvalue weighted by Crippen LogP contribution is -2.10. The zero-order valence-corrected chi connectivity index (χ0v) is 13.0. The van der Waals surface area contributed by atoms with Crippen LogP contribution in [-0.4, -0.2) is 12.3 Å². The maximum atomic E-state index is 11.9. The van der Waals surface area contributed by atoms with Crippen LogP contribution in [0.1, 0.15) is 53.1 Å². The van der Waals surface area contributed by atoms with Crippen LogP contribution < -0.4 is 4.74 Å². The van der Waals surface area contributed by atoms with E-state index < -0.39 is 0 Å². The number of aryl methyl sites for hydroxylation is 1. The smallest absolute Gasteiger partial charge is 0.311 e. The predicted molar refractivity (Wildman–Crippen MR) is 88.8 cm³/mol. The maximum absolute atomic E-state index is 11.9. The molecular weight excluding hydrogens is 288 g/mol. The minimum absolute atomic E-state index is 0.281. The summed E-state index contributed by atoms with van der Waals surface area (Å²) in [4.78, 5) is 22.6. The lowest BCUT2D eigenvalue weighted by Gasteiger charge is -2.25. The second-order valence-electron chi connectivity index (χ2n) is 6.03. The molecule has 2 aromatic carbocycles. The molecule has 118 valence electrons. The Morgan fingerprint density at radius 2 is 1.91 bits per heavy atom. The fraction of sp³-hybridized carbons (Fsp3) is 0.300. The van der Waals surface area contributed by atoms with Crippen molar-refractivity contribution in [2.75, 3.05) is 0 Å². The first kappa shape index (κ1) is 15.5. The lowest BCUT2D eigenvalue weighted by atomic mass is 9.80. The molecule has 1 saturated carbocycles. The minimum Gasteiger partial charge on any atom is -0.426 e. The summed E-state index contributed by atoms with van der Waals surface area (Å²) in [5, 5.41) is 0. The van der Waals surface area contributed by atoms with Crippen LogP contribution in [0.5, 0.6) is 5.75 Å². The van der Waals surface area contributed by atoms with E-state index in [-0.39, 0.29) is 5.97 Å². The first-order chi connectivity index (χ1) is 11.2. The predicted octanol–water partition coefficient (Wildman–Crippen LogP) is 4.30. The Bertz CT molecular complexity index is 684. The Morgan fingerprint density at radius 1 is 1.13 bits per heavy atom. The number of rotatable bonds is 6. The third kappa shape index (κ3) is 4.07. The number of hydrogen-bond acceptors (Lipinski definition) is 3. The molecule has 0 amide bonds. The van der Waals surface area contributed by atoms with Crippen molar-refractivity contribution in [2.45, 2.75) is 38.0 Å². The normalized spacial score (nSPS) is 14.1. The number of hydrogen-bond donors (Lipinski definition) is 0. The van der Waals surface area contributed by atoms with Gasteiger partial charge in [0.1, 0.15) is 12.0 Å². The van der Waals surface area contributed by atoms with Crippen molar-refractivity contribution in [3.8, 4) is 5.75 Å². The Hall–Kier alpha value is -2.42. The zero-order valence-electron chi connectivity index (χ0n) is 13.0. The van der Waals surface area contributed by atoms with E-state index in [9.17, 15) is 9.59 Å². The average Bonchev–Trinajstić information content (AvgIpc) is 2.53. The van der Waals surface area contributed by atoms with Crippen molar-refractivity contribution in [1.29, 1.82) is 0 Å². The Balaban J connectivity index is 1.50. The van der Waals surface area contributed by atoms with Crippen LogP contribution in [-0.2, 0) is 11.2 Å². The molecule has 1 aliphatic carbocycles. The highest BCUT2D eigenvalue weighted by Crippen LogP contribution is 2.36. The first-order valence-electron chi connectivity index (χ1n) is 8.09. The van der Waals surface area contributed by atoms with E-state index in [2.05, 4.69) is 24.3 Å². The van der Waals surface area contributed by atoms with Gasteiger partial charge in [0.15, 0.2) is 0 Å². The largest absolute Gasteiger partial charge is 0.426 e. The quantitative estimate of drug-likeness (QED) is 0.454. The van der Waals surface area contributed by atoms with Gasteiger partial charge in [-0.25, -0.2) is 0 Å². The molecular formula is C20H20O3. The molecule has 0 bridgehead atoms. The third-order valence-electron chi connectivity index (χ3n) is 4.40. The third-order valence-corrected chi connectivity index (χ3v) is 4.40. The van der Waals surface area contributed by atoms with Gasteiger partial charge in [-0.05, 0) is 48.4 Å². The van der Waals surface area contributed by atoms with Crippen molar-refractivity contribution in [1.82, 2.24) is 0 Å². The molecule has 0 radical (unpaired) electrons. The van der Waals surface area contributed by atoms with Crippen molar-refractivity contribution >= 4 is 12.3 Å². The molecule has 1 fully saturated rings. The molecule has 23 heavy (non-hydrogen) atoms. The Kier molecular flexibility index (Phi) is 4.86. The van der Waals surface area contributed by atoms with E-state index >= 15 is 0 Å². The van der Waals surface area contributed by atoms with Crippen molar-refractivity contribution in [3.05, 3.63) is 65.2 Å². The summed E-state index contributed by atoms with van der Waals surface area (Å²) in [5.74, 6) is 0.871. The van der Waals surface area contributed by atoms with E-state index in [4.69, 9.17) is 4.74 Å². The highest BCUT2D eigenvalue weighted by molar-refractivity contribution is 5.77. The average molecular weight is 308 g/mol. The van der Waals surface area contributed by atoms with Gasteiger partial charge in [0.2, 0.25) is 0 Å². The summed E-state index contributed by atoms with van der Waals surface area (Å²) >= 11 is 0. The number of esters is 1. The van der Waals surface area contributed by atoms with Crippen LogP contribution in [0.15, 0.2) is 48.5 Å². The molecule has 3 rings (SSSR count). The first-order valence-corrected chi connectivity index (χ1v) is 8.09. The minimum atomic E-state index is -0.281. The summed E-state index contributed by atoms with van der Waals surface area (Å²) in [6.07, 6.45) is 5.66. The number of ether oxygens (including phenoxy) is 1. The summed E-state index contributed by atoms with van der Waals surface area (Å²) in [6.45, 7) is 0. The van der Waals surface area contributed by atoms with Gasteiger partial charge in [0.25, 0.3) is 0 Å². The van der Waals surface area contributed by atoms with Crippen molar-refractivity contribution < 1.29 is 14.3 Å². The molecule has 0 aromatic heterocycles. The van der Waals surface area contributed by atoms with Gasteiger partial charge in [-0.1, -0.05) is 42.8 Å². The number of carbonyl (C=O) groups excluding carboxylic acids is 2. The Morgan fingerprint density at radius 3 is 2.57 bits per heavy atom. The van der Waals surface area contributed by atoms with Gasteiger partial charge in [0.05, 0.1) is 0 Å². The second kappa shape index (κ2) is 7.23. The molecule has 2 aromatic rings. The topological polar surface area (TPSA) is 43.4 Å². The van der Waals surface area contributed by atoms with E-state index in [0.29, 0.717) is 24.2 Å². The molecule has 1 aliphatic rings. The van der Waals surface area contributed by atoms with Crippen LogP contribution in [0.25, 0.3) is 0 Å². The molecule has 0 aliphatic heterocycles. The van der Waals surface area contributed by atoms with Gasteiger partial charge in [-0.3, -0.25) is 9.59 Å². The molecule has 0 unspecified atom stereocenters. The summed E-state index contributed by atoms with van der Waals surface area (Å²) in [7, 11) is 0. The van der Waals surface area contributed by atoms with Crippen LogP contribution in [0, 0.1) is 0 Å². The lowest BCUT2D eigenvalue weighted by molar-refractivity contribution is -0.134. The number of aldehydes is 1. The second-order valence-corrected chi connectivity index (χ2v) is 6.03. The number of carbonyl (C=O) groups is 2. The summed E-state index contributed by atoms with van der Waals surface area (Å²) in [5.41, 5.74) is 3.06. The van der Waals surface area contributed by atoms with Gasteiger partial charge in [-0.2, -0.15) is 0 Å². The molecule has 3 nitrogen and oxygen atoms in total. The fourth-order valence-electron chi connectivity index (χ4n) is 2.78. The monoisotopic (exact) mass is 308 g/mol. The van der Waals surface area contributed by atoms with Gasteiger partial charge in [0, 0.05) is 12.0 Å². The van der Waals surface area contributed by atoms with E-state index in [1.54, 1.807) is 24.3 Å². The fourth-order valence-corrected chi connectivity index (χ4v) is 2.78. The molecule has 0 spiro atoms. The van der Waals surface area contributed by atoms with Gasteiger partial charge in [-0.15, -0.1) is 0 Å². The summed E-state index contributed by atoms with van der Waals surface area (Å²) in [6, 6.07) is 15.2. The van der Waals surface area contributed by atoms with Crippen LogP contribution in [0.4, 0.5) is 0 Å². The maximum Gasteiger partial charge on any atom is 0.311 e. The summed E-state index contributed by atoms with van der Waals surface area (Å²) < 4.78 is 5.27. The molecule has 0 N–H and O–H groups in total. The van der Waals surface area contributed by atoms with E-state index in [0.717, 1.165) is 17.8 Å². The Labute approximate surface area is 136 Å². The van der Waals surface area contributed by atoms with Crippen LogP contribution >= 0.6 is 0 Å². The zero-order chi connectivity index (χ0) is 16.1. The number of benzene rings is 2. The van der Waals surface area contributed by atoms with E-state index in [1.165, 1.54) is 24.8 Å². The molecule has 0 saturated heterocycles. The van der Waals surface area contributed by atoms with E-state index in [1.807, 2.05) is 0 Å². The van der Waals surface area contributed by atoms with Crippen molar-refractivity contribution in [2.24, 2.45) is 0 Å². The molecule has 0 heterocycles.